The van der Waals surface area contributed by atoms with E-state index in [0.717, 1.165) is 6.07 Å². The number of carbonyl (C=O) groups excluding carboxylic acids is 2. The van der Waals surface area contributed by atoms with Crippen LogP contribution in [0.3, 0.4) is 0 Å². The zero-order valence-corrected chi connectivity index (χ0v) is 8.95. The molecule has 0 saturated heterocycles. The highest BCUT2D eigenvalue weighted by Gasteiger charge is 2.19. The van der Waals surface area contributed by atoms with E-state index >= 15 is 0 Å². The lowest BCUT2D eigenvalue weighted by molar-refractivity contribution is -0.386. The number of amides is 1. The molecule has 17 heavy (non-hydrogen) atoms. The van der Waals surface area contributed by atoms with Crippen molar-refractivity contribution in [2.45, 2.75) is 13.0 Å². The van der Waals surface area contributed by atoms with E-state index in [2.05, 4.69) is 0 Å². The molecule has 1 rings (SSSR count). The van der Waals surface area contributed by atoms with Gasteiger partial charge in [0.05, 0.1) is 4.92 Å². The van der Waals surface area contributed by atoms with Gasteiger partial charge in [-0.25, -0.2) is 0 Å². The third-order valence-electron chi connectivity index (χ3n) is 2.02. The predicted molar refractivity (Wildman–Crippen MR) is 57.8 cm³/mol. The summed E-state index contributed by atoms with van der Waals surface area (Å²) in [5.74, 6) is -0.915. The number of nitro benzene ring substituents is 1. The number of hydrogen-bond acceptors (Lipinski definition) is 5. The topological polar surface area (TPSA) is 113 Å². The zero-order chi connectivity index (χ0) is 13.0. The average molecular weight is 238 g/mol. The fourth-order valence-electron chi connectivity index (χ4n) is 1.10. The Balaban J connectivity index is 3.13. The van der Waals surface area contributed by atoms with E-state index in [1.807, 2.05) is 0 Å². The Bertz CT molecular complexity index is 472. The third kappa shape index (κ3) is 3.00. The van der Waals surface area contributed by atoms with Crippen molar-refractivity contribution in [1.82, 2.24) is 0 Å². The van der Waals surface area contributed by atoms with Crippen molar-refractivity contribution < 1.29 is 19.2 Å². The summed E-state index contributed by atoms with van der Waals surface area (Å²) in [6.45, 7) is 1.36. The number of carbonyl (C=O) groups is 2. The van der Waals surface area contributed by atoms with E-state index in [1.165, 1.54) is 19.1 Å². The first kappa shape index (κ1) is 12.6. The van der Waals surface area contributed by atoms with Crippen molar-refractivity contribution in [3.8, 4) is 5.75 Å². The molecular weight excluding hydrogens is 228 g/mol. The van der Waals surface area contributed by atoms with Crippen LogP contribution in [0.5, 0.6) is 5.75 Å². The predicted octanol–water partition coefficient (Wildman–Crippen LogP) is 0.660. The number of primary amides is 1. The monoisotopic (exact) mass is 238 g/mol. The van der Waals surface area contributed by atoms with Crippen molar-refractivity contribution in [2.24, 2.45) is 5.73 Å². The molecule has 0 aromatic heterocycles. The van der Waals surface area contributed by atoms with Crippen molar-refractivity contribution >= 4 is 17.9 Å². The Kier molecular flexibility index (Phi) is 3.76. The molecule has 0 saturated carbocycles. The largest absolute Gasteiger partial charge is 0.474 e. The van der Waals surface area contributed by atoms with Crippen LogP contribution in [0.1, 0.15) is 17.3 Å². The van der Waals surface area contributed by atoms with Gasteiger partial charge in [-0.1, -0.05) is 0 Å². The molecule has 0 heterocycles. The maximum atomic E-state index is 10.8. The number of hydrogen-bond donors (Lipinski definition) is 1. The minimum atomic E-state index is -1.02. The van der Waals surface area contributed by atoms with Crippen LogP contribution in [-0.2, 0) is 4.79 Å². The molecular formula is C10H10N2O5. The number of nitrogens with two attached hydrogens (primary N) is 1. The molecule has 1 atom stereocenters. The lowest BCUT2D eigenvalue weighted by Gasteiger charge is -2.11. The summed E-state index contributed by atoms with van der Waals surface area (Å²) in [5.41, 5.74) is 4.86. The fourth-order valence-corrected chi connectivity index (χ4v) is 1.10. The molecule has 0 fully saturated rings. The highest BCUT2D eigenvalue weighted by molar-refractivity contribution is 5.80. The summed E-state index contributed by atoms with van der Waals surface area (Å²) in [5, 5.41) is 10.7. The van der Waals surface area contributed by atoms with E-state index in [9.17, 15) is 19.7 Å². The van der Waals surface area contributed by atoms with Crippen LogP contribution < -0.4 is 10.5 Å². The maximum Gasteiger partial charge on any atom is 0.310 e. The van der Waals surface area contributed by atoms with Gasteiger partial charge < -0.3 is 10.5 Å². The lowest BCUT2D eigenvalue weighted by Crippen LogP contribution is -2.30. The van der Waals surface area contributed by atoms with E-state index in [4.69, 9.17) is 10.5 Å². The van der Waals surface area contributed by atoms with Gasteiger partial charge in [0.15, 0.2) is 11.9 Å². The standard InChI is InChI=1S/C10H10N2O5/c1-6(10(11)14)17-9-4-7(5-13)2-3-8(9)12(15)16/h2-6H,1H3,(H2,11,14). The lowest BCUT2D eigenvalue weighted by atomic mass is 10.2. The number of aldehydes is 1. The number of nitro groups is 1. The first-order chi connectivity index (χ1) is 7.95. The van der Waals surface area contributed by atoms with E-state index in [0.29, 0.717) is 6.29 Å². The van der Waals surface area contributed by atoms with Crippen LogP contribution in [0.4, 0.5) is 5.69 Å². The molecule has 1 aromatic carbocycles. The molecule has 0 aliphatic heterocycles. The van der Waals surface area contributed by atoms with Gasteiger partial charge in [-0.3, -0.25) is 19.7 Å². The SMILES string of the molecule is CC(Oc1cc(C=O)ccc1[N+](=O)[O-])C(N)=O. The van der Waals surface area contributed by atoms with E-state index in [-0.39, 0.29) is 17.0 Å². The molecule has 2 N–H and O–H groups in total. The van der Waals surface area contributed by atoms with Crippen LogP contribution in [0, 0.1) is 10.1 Å². The second-order valence-electron chi connectivity index (χ2n) is 3.26. The quantitative estimate of drug-likeness (QED) is 0.460. The van der Waals surface area contributed by atoms with Gasteiger partial charge in [-0.15, -0.1) is 0 Å². The van der Waals surface area contributed by atoms with Gasteiger partial charge in [0, 0.05) is 11.6 Å². The Morgan fingerprint density at radius 2 is 2.24 bits per heavy atom. The summed E-state index contributed by atoms with van der Waals surface area (Å²) in [7, 11) is 0. The van der Waals surface area contributed by atoms with Gasteiger partial charge in [-0.2, -0.15) is 0 Å². The molecule has 7 nitrogen and oxygen atoms in total. The second-order valence-corrected chi connectivity index (χ2v) is 3.26. The highest BCUT2D eigenvalue weighted by atomic mass is 16.6. The molecule has 90 valence electrons. The first-order valence-corrected chi connectivity index (χ1v) is 4.65. The third-order valence-corrected chi connectivity index (χ3v) is 2.02. The highest BCUT2D eigenvalue weighted by Crippen LogP contribution is 2.28. The van der Waals surface area contributed by atoms with Gasteiger partial charge in [-0.05, 0) is 19.1 Å². The summed E-state index contributed by atoms with van der Waals surface area (Å²) in [6.07, 6.45) is -0.499. The molecule has 0 aliphatic rings. The normalized spacial score (nSPS) is 11.6. The van der Waals surface area contributed by atoms with Crippen molar-refractivity contribution in [1.29, 1.82) is 0 Å². The Labute approximate surface area is 96.3 Å². The number of rotatable bonds is 5. The van der Waals surface area contributed by atoms with Crippen LogP contribution >= 0.6 is 0 Å². The van der Waals surface area contributed by atoms with Gasteiger partial charge in [0.25, 0.3) is 5.91 Å². The van der Waals surface area contributed by atoms with E-state index < -0.39 is 16.9 Å². The summed E-state index contributed by atoms with van der Waals surface area (Å²) in [6, 6.07) is 3.60. The minimum Gasteiger partial charge on any atom is -0.474 e. The van der Waals surface area contributed by atoms with Crippen LogP contribution in [0.15, 0.2) is 18.2 Å². The minimum absolute atomic E-state index is 0.161. The molecule has 0 aliphatic carbocycles. The zero-order valence-electron chi connectivity index (χ0n) is 8.95. The average Bonchev–Trinajstić information content (AvgIpc) is 2.28. The summed E-state index contributed by atoms with van der Waals surface area (Å²) < 4.78 is 5.04. The van der Waals surface area contributed by atoms with Crippen LogP contribution in [0.2, 0.25) is 0 Å². The Morgan fingerprint density at radius 3 is 2.71 bits per heavy atom. The second kappa shape index (κ2) is 5.06. The van der Waals surface area contributed by atoms with Crippen molar-refractivity contribution in [3.63, 3.8) is 0 Å². The first-order valence-electron chi connectivity index (χ1n) is 4.65. The van der Waals surface area contributed by atoms with Crippen LogP contribution in [-0.4, -0.2) is 23.2 Å². The van der Waals surface area contributed by atoms with Gasteiger partial charge in [0.2, 0.25) is 0 Å². The Morgan fingerprint density at radius 1 is 1.59 bits per heavy atom. The number of nitrogens with zero attached hydrogens (tertiary/aromatic N) is 1. The molecule has 0 bridgehead atoms. The molecule has 0 spiro atoms. The maximum absolute atomic E-state index is 10.8. The summed E-state index contributed by atoms with van der Waals surface area (Å²) >= 11 is 0. The number of ether oxygens (including phenoxy) is 1. The van der Waals surface area contributed by atoms with Crippen LogP contribution in [0.25, 0.3) is 0 Å². The molecule has 0 radical (unpaired) electrons. The van der Waals surface area contributed by atoms with Gasteiger partial charge >= 0.3 is 5.69 Å². The molecule has 1 unspecified atom stereocenters. The van der Waals surface area contributed by atoms with Gasteiger partial charge in [0.1, 0.15) is 6.29 Å². The van der Waals surface area contributed by atoms with Crippen molar-refractivity contribution in [2.75, 3.05) is 0 Å². The van der Waals surface area contributed by atoms with Crippen molar-refractivity contribution in [3.05, 3.63) is 33.9 Å². The molecule has 1 amide bonds. The summed E-state index contributed by atoms with van der Waals surface area (Å²) in [4.78, 5) is 31.4. The fraction of sp³-hybridized carbons (Fsp3) is 0.200. The molecule has 7 heteroatoms. The Hall–Kier alpha value is -2.44. The van der Waals surface area contributed by atoms with E-state index in [1.54, 1.807) is 0 Å². The molecule has 1 aromatic rings. The smallest absolute Gasteiger partial charge is 0.310 e. The number of benzene rings is 1.